The van der Waals surface area contributed by atoms with Gasteiger partial charge >= 0.3 is 5.97 Å². The average molecular weight is 240 g/mol. The van der Waals surface area contributed by atoms with Gasteiger partial charge in [-0.2, -0.15) is 0 Å². The van der Waals surface area contributed by atoms with E-state index >= 15 is 0 Å². The molecule has 2 atom stereocenters. The Kier molecular flexibility index (Phi) is 4.68. The van der Waals surface area contributed by atoms with Gasteiger partial charge in [0.15, 0.2) is 0 Å². The summed E-state index contributed by atoms with van der Waals surface area (Å²) in [5.41, 5.74) is 0.906. The van der Waals surface area contributed by atoms with Crippen LogP contribution in [0.15, 0.2) is 30.3 Å². The lowest BCUT2D eigenvalue weighted by Crippen LogP contribution is -2.32. The standard InChI is InChI=1S/C12H16O3S/c1-9(2)16(15)11(12(13)14)8-10-6-4-3-5-7-10/h3-7,9,11H,8H2,1-2H3,(H,13,14). The predicted molar refractivity (Wildman–Crippen MR) is 64.8 cm³/mol. The van der Waals surface area contributed by atoms with Crippen LogP contribution in [0.1, 0.15) is 19.4 Å². The van der Waals surface area contributed by atoms with Crippen molar-refractivity contribution in [2.45, 2.75) is 30.8 Å². The Morgan fingerprint density at radius 3 is 2.31 bits per heavy atom. The summed E-state index contributed by atoms with van der Waals surface area (Å²) in [4.78, 5) is 11.1. The summed E-state index contributed by atoms with van der Waals surface area (Å²) in [5.74, 6) is -0.990. The topological polar surface area (TPSA) is 54.4 Å². The van der Waals surface area contributed by atoms with Crippen LogP contribution in [-0.2, 0) is 22.0 Å². The van der Waals surface area contributed by atoms with Crippen molar-refractivity contribution in [3.8, 4) is 0 Å². The van der Waals surface area contributed by atoms with Crippen LogP contribution in [0, 0.1) is 0 Å². The molecule has 4 heteroatoms. The first-order valence-corrected chi connectivity index (χ1v) is 6.46. The molecular weight excluding hydrogens is 224 g/mol. The van der Waals surface area contributed by atoms with Crippen LogP contribution < -0.4 is 0 Å². The second-order valence-corrected chi connectivity index (χ2v) is 6.06. The molecule has 1 rings (SSSR count). The van der Waals surface area contributed by atoms with Crippen LogP contribution >= 0.6 is 0 Å². The Bertz CT molecular complexity index is 373. The summed E-state index contributed by atoms with van der Waals surface area (Å²) in [6.07, 6.45) is 0.320. The molecule has 1 aromatic carbocycles. The highest BCUT2D eigenvalue weighted by atomic mass is 32.2. The van der Waals surface area contributed by atoms with Gasteiger partial charge in [0, 0.05) is 16.0 Å². The molecule has 1 aromatic rings. The monoisotopic (exact) mass is 240 g/mol. The minimum absolute atomic E-state index is 0.134. The number of carbonyl (C=O) groups is 1. The smallest absolute Gasteiger partial charge is 0.319 e. The number of aliphatic carboxylic acids is 1. The maximum Gasteiger partial charge on any atom is 0.319 e. The van der Waals surface area contributed by atoms with Crippen molar-refractivity contribution in [1.82, 2.24) is 0 Å². The van der Waals surface area contributed by atoms with Crippen molar-refractivity contribution in [3.63, 3.8) is 0 Å². The number of hydrogen-bond donors (Lipinski definition) is 1. The molecule has 0 aliphatic rings. The van der Waals surface area contributed by atoms with Gasteiger partial charge < -0.3 is 5.11 Å². The second kappa shape index (κ2) is 5.80. The first-order chi connectivity index (χ1) is 7.52. The third-order valence-corrected chi connectivity index (χ3v) is 4.14. The zero-order valence-electron chi connectivity index (χ0n) is 9.42. The predicted octanol–water partition coefficient (Wildman–Crippen LogP) is 1.84. The molecule has 88 valence electrons. The molecule has 0 spiro atoms. The average Bonchev–Trinajstić information content (AvgIpc) is 2.26. The van der Waals surface area contributed by atoms with Gasteiger partial charge in [-0.25, -0.2) is 0 Å². The van der Waals surface area contributed by atoms with Crippen LogP contribution in [0.25, 0.3) is 0 Å². The fraction of sp³-hybridized carbons (Fsp3) is 0.417. The van der Waals surface area contributed by atoms with Gasteiger partial charge in [0.1, 0.15) is 5.25 Å². The van der Waals surface area contributed by atoms with Gasteiger partial charge in [-0.05, 0) is 12.0 Å². The molecular formula is C12H16O3S. The van der Waals surface area contributed by atoms with E-state index < -0.39 is 22.0 Å². The molecule has 3 nitrogen and oxygen atoms in total. The van der Waals surface area contributed by atoms with E-state index in [4.69, 9.17) is 5.11 Å². The molecule has 1 N–H and O–H groups in total. The fourth-order valence-corrected chi connectivity index (χ4v) is 2.64. The molecule has 0 amide bonds. The molecule has 0 saturated carbocycles. The largest absolute Gasteiger partial charge is 0.480 e. The SMILES string of the molecule is CC(C)S(=O)C(Cc1ccccc1)C(=O)O. The van der Waals surface area contributed by atoms with Gasteiger partial charge in [-0.1, -0.05) is 44.2 Å². The van der Waals surface area contributed by atoms with Crippen molar-refractivity contribution in [2.75, 3.05) is 0 Å². The van der Waals surface area contributed by atoms with Crippen LogP contribution in [0.3, 0.4) is 0 Å². The summed E-state index contributed by atoms with van der Waals surface area (Å²) < 4.78 is 11.8. The molecule has 0 aliphatic heterocycles. The van der Waals surface area contributed by atoms with Gasteiger partial charge in [-0.3, -0.25) is 9.00 Å². The molecule has 16 heavy (non-hydrogen) atoms. The van der Waals surface area contributed by atoms with Gasteiger partial charge in [0.05, 0.1) is 0 Å². The van der Waals surface area contributed by atoms with Crippen molar-refractivity contribution in [2.24, 2.45) is 0 Å². The third kappa shape index (κ3) is 3.45. The van der Waals surface area contributed by atoms with E-state index in [1.165, 1.54) is 0 Å². The Labute approximate surface area is 98.0 Å². The number of carboxylic acids is 1. The Morgan fingerprint density at radius 1 is 1.31 bits per heavy atom. The highest BCUT2D eigenvalue weighted by Gasteiger charge is 2.26. The van der Waals surface area contributed by atoms with E-state index in [0.29, 0.717) is 6.42 Å². The number of benzene rings is 1. The maximum absolute atomic E-state index is 11.8. The molecule has 0 aliphatic carbocycles. The maximum atomic E-state index is 11.8. The van der Waals surface area contributed by atoms with Crippen molar-refractivity contribution in [3.05, 3.63) is 35.9 Å². The van der Waals surface area contributed by atoms with Crippen molar-refractivity contribution in [1.29, 1.82) is 0 Å². The summed E-state index contributed by atoms with van der Waals surface area (Å²) in [5, 5.41) is 8.11. The van der Waals surface area contributed by atoms with E-state index in [-0.39, 0.29) is 5.25 Å². The Hall–Kier alpha value is -1.16. The van der Waals surface area contributed by atoms with E-state index in [0.717, 1.165) is 5.56 Å². The summed E-state index contributed by atoms with van der Waals surface area (Å²) in [7, 11) is -1.34. The zero-order chi connectivity index (χ0) is 12.1. The lowest BCUT2D eigenvalue weighted by Gasteiger charge is -2.14. The molecule has 2 unspecified atom stereocenters. The first kappa shape index (κ1) is 12.9. The molecule has 0 radical (unpaired) electrons. The zero-order valence-corrected chi connectivity index (χ0v) is 10.2. The number of hydrogen-bond acceptors (Lipinski definition) is 2. The normalized spacial score (nSPS) is 14.7. The lowest BCUT2D eigenvalue weighted by atomic mass is 10.1. The molecule has 0 fully saturated rings. The minimum Gasteiger partial charge on any atom is -0.480 e. The van der Waals surface area contributed by atoms with E-state index in [2.05, 4.69) is 0 Å². The first-order valence-electron chi connectivity index (χ1n) is 5.18. The quantitative estimate of drug-likeness (QED) is 0.854. The molecule has 0 saturated heterocycles. The van der Waals surface area contributed by atoms with E-state index in [9.17, 15) is 9.00 Å². The highest BCUT2D eigenvalue weighted by molar-refractivity contribution is 7.87. The van der Waals surface area contributed by atoms with E-state index in [1.54, 1.807) is 13.8 Å². The van der Waals surface area contributed by atoms with Gasteiger partial charge in [-0.15, -0.1) is 0 Å². The van der Waals surface area contributed by atoms with Crippen LogP contribution in [0.2, 0.25) is 0 Å². The summed E-state index contributed by atoms with van der Waals surface area (Å²) in [6.45, 7) is 3.55. The lowest BCUT2D eigenvalue weighted by molar-refractivity contribution is -0.136. The minimum atomic E-state index is -1.34. The van der Waals surface area contributed by atoms with Crippen LogP contribution in [0.5, 0.6) is 0 Å². The highest BCUT2D eigenvalue weighted by Crippen LogP contribution is 2.11. The summed E-state index contributed by atoms with van der Waals surface area (Å²) in [6, 6.07) is 9.29. The van der Waals surface area contributed by atoms with Crippen LogP contribution in [-0.4, -0.2) is 25.8 Å². The van der Waals surface area contributed by atoms with E-state index in [1.807, 2.05) is 30.3 Å². The Balaban J connectivity index is 2.81. The third-order valence-electron chi connectivity index (χ3n) is 2.28. The van der Waals surface area contributed by atoms with Gasteiger partial charge in [0.25, 0.3) is 0 Å². The fourth-order valence-electron chi connectivity index (χ4n) is 1.43. The molecule has 0 heterocycles. The second-order valence-electron chi connectivity index (χ2n) is 3.89. The van der Waals surface area contributed by atoms with Crippen molar-refractivity contribution >= 4 is 16.8 Å². The summed E-state index contributed by atoms with van der Waals surface area (Å²) >= 11 is 0. The number of rotatable bonds is 5. The van der Waals surface area contributed by atoms with Crippen LogP contribution in [0.4, 0.5) is 0 Å². The molecule has 0 aromatic heterocycles. The van der Waals surface area contributed by atoms with Crippen molar-refractivity contribution < 1.29 is 14.1 Å². The Morgan fingerprint density at radius 2 is 1.88 bits per heavy atom. The van der Waals surface area contributed by atoms with Gasteiger partial charge in [0.2, 0.25) is 0 Å². The molecule has 0 bridgehead atoms. The number of carboxylic acid groups (broad SMARTS) is 1.